The standard InChI is InChI=1S/C24H29NO5/c1-24(2)14-17-13-22(30-7)21(29-6)12-16(17)10-18(25(24)3)23(26)15-8-9-19(27-4)20(11-15)28-5/h8-13H,14H2,1-7H3. The molecule has 0 aliphatic carbocycles. The van der Waals surface area contributed by atoms with Crippen LogP contribution in [0.3, 0.4) is 0 Å². The molecule has 0 unspecified atom stereocenters. The summed E-state index contributed by atoms with van der Waals surface area (Å²) in [7, 11) is 8.31. The minimum atomic E-state index is -0.289. The molecule has 0 bridgehead atoms. The van der Waals surface area contributed by atoms with Crippen molar-refractivity contribution < 1.29 is 23.7 Å². The van der Waals surface area contributed by atoms with Gasteiger partial charge in [0.2, 0.25) is 5.78 Å². The fourth-order valence-corrected chi connectivity index (χ4v) is 3.72. The highest BCUT2D eigenvalue weighted by atomic mass is 16.5. The molecule has 3 rings (SSSR count). The second-order valence-corrected chi connectivity index (χ2v) is 7.88. The Labute approximate surface area is 178 Å². The fourth-order valence-electron chi connectivity index (χ4n) is 3.72. The number of carbonyl (C=O) groups excluding carboxylic acids is 1. The number of hydrogen-bond acceptors (Lipinski definition) is 6. The van der Waals surface area contributed by atoms with Crippen LogP contribution in [0.2, 0.25) is 0 Å². The zero-order chi connectivity index (χ0) is 22.1. The summed E-state index contributed by atoms with van der Waals surface area (Å²) in [5, 5.41) is 0. The Morgan fingerprint density at radius 1 is 0.867 bits per heavy atom. The summed E-state index contributed by atoms with van der Waals surface area (Å²) >= 11 is 0. The number of ketones is 1. The molecule has 1 aliphatic rings. The minimum Gasteiger partial charge on any atom is -0.493 e. The maximum absolute atomic E-state index is 13.5. The molecule has 0 atom stereocenters. The van der Waals surface area contributed by atoms with Gasteiger partial charge in [0, 0.05) is 18.2 Å². The van der Waals surface area contributed by atoms with E-state index in [4.69, 9.17) is 18.9 Å². The molecular formula is C24H29NO5. The van der Waals surface area contributed by atoms with Gasteiger partial charge in [0.25, 0.3) is 0 Å². The molecule has 0 N–H and O–H groups in total. The number of fused-ring (bicyclic) bond motifs is 1. The SMILES string of the molecule is COc1ccc(C(=O)C2=Cc3cc(OC)c(OC)cc3CC(C)(C)N2C)cc1OC. The Kier molecular flexibility index (Phi) is 5.97. The lowest BCUT2D eigenvalue weighted by atomic mass is 9.92. The summed E-state index contributed by atoms with van der Waals surface area (Å²) in [4.78, 5) is 15.6. The number of methoxy groups -OCH3 is 4. The van der Waals surface area contributed by atoms with Gasteiger partial charge in [-0.25, -0.2) is 0 Å². The van der Waals surface area contributed by atoms with Crippen molar-refractivity contribution >= 4 is 11.9 Å². The third kappa shape index (κ3) is 3.82. The Balaban J connectivity index is 2.14. The van der Waals surface area contributed by atoms with Crippen molar-refractivity contribution in [1.29, 1.82) is 0 Å². The molecule has 6 heteroatoms. The second kappa shape index (κ2) is 8.30. The number of ether oxygens (including phenoxy) is 4. The average Bonchev–Trinajstić information content (AvgIpc) is 2.85. The monoisotopic (exact) mass is 411 g/mol. The fraction of sp³-hybridized carbons (Fsp3) is 0.375. The van der Waals surface area contributed by atoms with Crippen molar-refractivity contribution in [1.82, 2.24) is 4.90 Å². The predicted molar refractivity (Wildman–Crippen MR) is 117 cm³/mol. The Bertz CT molecular complexity index is 993. The van der Waals surface area contributed by atoms with E-state index >= 15 is 0 Å². The van der Waals surface area contributed by atoms with Gasteiger partial charge in [-0.05, 0) is 67.8 Å². The number of allylic oxidation sites excluding steroid dienone is 1. The van der Waals surface area contributed by atoms with Crippen LogP contribution in [0.25, 0.3) is 6.08 Å². The van der Waals surface area contributed by atoms with E-state index < -0.39 is 0 Å². The van der Waals surface area contributed by atoms with Gasteiger partial charge < -0.3 is 23.8 Å². The van der Waals surface area contributed by atoms with Gasteiger partial charge in [0.15, 0.2) is 23.0 Å². The molecule has 0 saturated heterocycles. The van der Waals surface area contributed by atoms with E-state index in [9.17, 15) is 4.79 Å². The molecule has 0 amide bonds. The van der Waals surface area contributed by atoms with Gasteiger partial charge in [-0.2, -0.15) is 0 Å². The van der Waals surface area contributed by atoms with Gasteiger partial charge >= 0.3 is 0 Å². The summed E-state index contributed by atoms with van der Waals surface area (Å²) in [5.41, 5.74) is 2.88. The van der Waals surface area contributed by atoms with E-state index in [-0.39, 0.29) is 11.3 Å². The van der Waals surface area contributed by atoms with Gasteiger partial charge in [-0.1, -0.05) is 0 Å². The van der Waals surface area contributed by atoms with Gasteiger partial charge in [-0.3, -0.25) is 4.79 Å². The van der Waals surface area contributed by atoms with Crippen LogP contribution in [0.4, 0.5) is 0 Å². The van der Waals surface area contributed by atoms with Crippen molar-refractivity contribution in [3.05, 3.63) is 52.7 Å². The smallest absolute Gasteiger partial charge is 0.209 e. The molecular weight excluding hydrogens is 382 g/mol. The maximum Gasteiger partial charge on any atom is 0.209 e. The summed E-state index contributed by atoms with van der Waals surface area (Å²) in [6, 6.07) is 9.13. The van der Waals surface area contributed by atoms with Gasteiger partial charge in [-0.15, -0.1) is 0 Å². The zero-order valence-corrected chi connectivity index (χ0v) is 18.7. The van der Waals surface area contributed by atoms with Crippen molar-refractivity contribution in [2.45, 2.75) is 25.8 Å². The summed E-state index contributed by atoms with van der Waals surface area (Å²) in [5.74, 6) is 2.32. The molecule has 0 radical (unpaired) electrons. The van der Waals surface area contributed by atoms with E-state index in [1.54, 1.807) is 46.6 Å². The maximum atomic E-state index is 13.5. The first-order chi connectivity index (χ1) is 14.2. The van der Waals surface area contributed by atoms with Crippen LogP contribution in [0, 0.1) is 0 Å². The average molecular weight is 411 g/mol. The van der Waals surface area contributed by atoms with Crippen LogP contribution in [-0.2, 0) is 6.42 Å². The van der Waals surface area contributed by atoms with Gasteiger partial charge in [0.1, 0.15) is 0 Å². The highest BCUT2D eigenvalue weighted by molar-refractivity contribution is 6.11. The lowest BCUT2D eigenvalue weighted by Gasteiger charge is -2.37. The number of Topliss-reactive ketones (excluding diaryl/α,β-unsaturated/α-hetero) is 1. The molecule has 1 aliphatic heterocycles. The van der Waals surface area contributed by atoms with Crippen LogP contribution in [0.1, 0.15) is 35.3 Å². The van der Waals surface area contributed by atoms with Crippen molar-refractivity contribution in [3.8, 4) is 23.0 Å². The number of benzene rings is 2. The third-order valence-electron chi connectivity index (χ3n) is 5.71. The largest absolute Gasteiger partial charge is 0.493 e. The van der Waals surface area contributed by atoms with Gasteiger partial charge in [0.05, 0.1) is 34.1 Å². The molecule has 2 aromatic rings. The topological polar surface area (TPSA) is 57.2 Å². The molecule has 0 fully saturated rings. The molecule has 30 heavy (non-hydrogen) atoms. The summed E-state index contributed by atoms with van der Waals surface area (Å²) < 4.78 is 21.6. The molecule has 6 nitrogen and oxygen atoms in total. The first-order valence-electron chi connectivity index (χ1n) is 9.73. The summed E-state index contributed by atoms with van der Waals surface area (Å²) in [6.07, 6.45) is 2.67. The van der Waals surface area contributed by atoms with E-state index in [1.165, 1.54) is 0 Å². The van der Waals surface area contributed by atoms with Crippen LogP contribution in [0.15, 0.2) is 36.0 Å². The second-order valence-electron chi connectivity index (χ2n) is 7.88. The van der Waals surface area contributed by atoms with Crippen LogP contribution in [-0.4, -0.2) is 51.7 Å². The minimum absolute atomic E-state index is 0.0887. The van der Waals surface area contributed by atoms with E-state index in [0.29, 0.717) is 34.3 Å². The summed E-state index contributed by atoms with van der Waals surface area (Å²) in [6.45, 7) is 4.24. The number of rotatable bonds is 6. The van der Waals surface area contributed by atoms with E-state index in [0.717, 1.165) is 17.5 Å². The highest BCUT2D eigenvalue weighted by Gasteiger charge is 2.33. The molecule has 160 valence electrons. The number of carbonyl (C=O) groups is 1. The van der Waals surface area contributed by atoms with E-state index in [2.05, 4.69) is 13.8 Å². The number of nitrogens with zero attached hydrogens (tertiary/aromatic N) is 1. The molecule has 1 heterocycles. The van der Waals surface area contributed by atoms with Crippen LogP contribution < -0.4 is 18.9 Å². The van der Waals surface area contributed by atoms with Crippen molar-refractivity contribution in [2.75, 3.05) is 35.5 Å². The quantitative estimate of drug-likeness (QED) is 0.664. The molecule has 0 aromatic heterocycles. The van der Waals surface area contributed by atoms with Crippen LogP contribution in [0.5, 0.6) is 23.0 Å². The van der Waals surface area contributed by atoms with Crippen molar-refractivity contribution in [2.24, 2.45) is 0 Å². The Morgan fingerprint density at radius 3 is 2.03 bits per heavy atom. The molecule has 0 spiro atoms. The zero-order valence-electron chi connectivity index (χ0n) is 18.7. The van der Waals surface area contributed by atoms with E-state index in [1.807, 2.05) is 30.2 Å². The van der Waals surface area contributed by atoms with Crippen molar-refractivity contribution in [3.63, 3.8) is 0 Å². The van der Waals surface area contributed by atoms with Crippen LogP contribution >= 0.6 is 0 Å². The lowest BCUT2D eigenvalue weighted by molar-refractivity contribution is 0.0957. The Morgan fingerprint density at radius 2 is 1.43 bits per heavy atom. The highest BCUT2D eigenvalue weighted by Crippen LogP contribution is 2.38. The first kappa shape index (κ1) is 21.6. The molecule has 2 aromatic carbocycles. The number of likely N-dealkylation sites (N-methyl/N-ethyl adjacent to an activating group) is 1. The lowest BCUT2D eigenvalue weighted by Crippen LogP contribution is -2.43. The predicted octanol–water partition coefficient (Wildman–Crippen LogP) is 4.21. The first-order valence-corrected chi connectivity index (χ1v) is 9.73. The number of hydrogen-bond donors (Lipinski definition) is 0. The molecule has 0 saturated carbocycles. The third-order valence-corrected chi connectivity index (χ3v) is 5.71. The Hall–Kier alpha value is -3.15. The normalized spacial score (nSPS) is 14.9.